The van der Waals surface area contributed by atoms with Gasteiger partial charge in [-0.2, -0.15) is 0 Å². The zero-order chi connectivity index (χ0) is 39.9. The Balaban J connectivity index is 1.42. The summed E-state index contributed by atoms with van der Waals surface area (Å²) in [4.78, 5) is 5.71. The van der Waals surface area contributed by atoms with Crippen molar-refractivity contribution in [3.8, 4) is 11.5 Å². The van der Waals surface area contributed by atoms with Gasteiger partial charge in [-0.15, -0.1) is 5.06 Å². The first-order valence-electron chi connectivity index (χ1n) is 18.9. The van der Waals surface area contributed by atoms with E-state index in [4.69, 9.17) is 42.7 Å². The van der Waals surface area contributed by atoms with E-state index in [9.17, 15) is 5.11 Å². The van der Waals surface area contributed by atoms with Crippen LogP contribution in [0.25, 0.3) is 0 Å². The van der Waals surface area contributed by atoms with Crippen molar-refractivity contribution in [1.29, 1.82) is 0 Å². The molecule has 57 heavy (non-hydrogen) atoms. The summed E-state index contributed by atoms with van der Waals surface area (Å²) >= 11 is 0. The van der Waals surface area contributed by atoms with Gasteiger partial charge in [0.25, 0.3) is 5.91 Å². The third kappa shape index (κ3) is 11.1. The Labute approximate surface area is 335 Å². The van der Waals surface area contributed by atoms with Crippen LogP contribution >= 0.6 is 0 Å². The predicted octanol–water partition coefficient (Wildman–Crippen LogP) is 7.10. The molecule has 6 rings (SSSR count). The van der Waals surface area contributed by atoms with Crippen LogP contribution in [0.5, 0.6) is 11.5 Å². The average molecular weight is 780 g/mol. The molecule has 0 spiro atoms. The Kier molecular flexibility index (Phi) is 15.2. The fraction of sp³-hybridized carbons (Fsp3) is 0.348. The lowest BCUT2D eigenvalue weighted by atomic mass is 9.85. The minimum atomic E-state index is -2.23. The maximum atomic E-state index is 12.9. The van der Waals surface area contributed by atoms with Crippen LogP contribution in [-0.4, -0.2) is 81.6 Å². The molecule has 0 bridgehead atoms. The summed E-state index contributed by atoms with van der Waals surface area (Å²) in [7, 11) is 6.29. The van der Waals surface area contributed by atoms with Crippen molar-refractivity contribution in [3.05, 3.63) is 167 Å². The molecule has 4 atom stereocenters. The minimum Gasteiger partial charge on any atom is -0.497 e. The lowest BCUT2D eigenvalue weighted by molar-refractivity contribution is -0.484. The van der Waals surface area contributed by atoms with E-state index in [0.29, 0.717) is 0 Å². The van der Waals surface area contributed by atoms with E-state index in [-0.39, 0.29) is 46.2 Å². The van der Waals surface area contributed by atoms with Gasteiger partial charge in [-0.05, 0) is 52.1 Å². The second-order valence-electron chi connectivity index (χ2n) is 13.9. The lowest BCUT2D eigenvalue weighted by Gasteiger charge is -2.56. The number of methoxy groups -OCH3 is 2. The molecule has 11 heteroatoms. The molecule has 302 valence electrons. The Bertz CT molecular complexity index is 1830. The smallest absolute Gasteiger partial charge is 0.280 e. The molecule has 0 aromatic heterocycles. The molecule has 0 radical (unpaired) electrons. The summed E-state index contributed by atoms with van der Waals surface area (Å²) < 4.78 is 51.3. The lowest BCUT2D eigenvalue weighted by Crippen LogP contribution is -2.77. The van der Waals surface area contributed by atoms with E-state index in [1.165, 1.54) is 12.2 Å². The molecular weight excluding hydrogens is 727 g/mol. The zero-order valence-corrected chi connectivity index (χ0v) is 33.0. The van der Waals surface area contributed by atoms with Crippen LogP contribution in [0.3, 0.4) is 0 Å². The largest absolute Gasteiger partial charge is 0.497 e. The maximum Gasteiger partial charge on any atom is 0.280 e. The van der Waals surface area contributed by atoms with E-state index >= 15 is 0 Å². The van der Waals surface area contributed by atoms with E-state index in [1.807, 2.05) is 140 Å². The molecule has 5 aromatic carbocycles. The second-order valence-corrected chi connectivity index (χ2v) is 13.9. The van der Waals surface area contributed by atoms with Crippen LogP contribution < -0.4 is 9.47 Å². The minimum absolute atomic E-state index is 0.0719. The molecule has 1 saturated heterocycles. The number of ether oxygens (including phenoxy) is 8. The first-order valence-corrected chi connectivity index (χ1v) is 18.9. The third-order valence-electron chi connectivity index (χ3n) is 9.94. The van der Waals surface area contributed by atoms with Crippen LogP contribution in [0.2, 0.25) is 0 Å². The van der Waals surface area contributed by atoms with Gasteiger partial charge in [0.1, 0.15) is 29.3 Å². The Morgan fingerprint density at radius 2 is 0.895 bits per heavy atom. The molecule has 0 amide bonds. The average Bonchev–Trinajstić information content (AvgIpc) is 3.26. The summed E-state index contributed by atoms with van der Waals surface area (Å²) in [5.41, 5.74) is 3.08. The number of likely N-dealkylation sites (N-methyl/N-ethyl adjacent to an activating group) is 1. The number of aliphatic hydroxyl groups is 1. The molecule has 4 unspecified atom stereocenters. The van der Waals surface area contributed by atoms with Crippen molar-refractivity contribution in [1.82, 2.24) is 5.06 Å². The topological polar surface area (TPSA) is 107 Å². The highest BCUT2D eigenvalue weighted by atomic mass is 16.8. The van der Waals surface area contributed by atoms with Crippen molar-refractivity contribution in [2.45, 2.75) is 62.9 Å². The van der Waals surface area contributed by atoms with Gasteiger partial charge in [-0.1, -0.05) is 115 Å². The van der Waals surface area contributed by atoms with E-state index in [2.05, 4.69) is 0 Å². The standard InChI is InChI=1S/C46H53NO10/c1-47(51-4)46(48)44(56-32-37-18-12-7-13-19-37)42(54-30-35-14-8-5-9-15-35)43(55-31-36-16-10-6-11-17-36)45(57-46,33-52-28-38-20-24-40(49-2)25-21-38)34-53-29-39-22-26-41(50-3)27-23-39/h5-27,42-44,48H,28-34H2,1-4H3. The van der Waals surface area contributed by atoms with E-state index in [1.54, 1.807) is 21.3 Å². The number of hydrogen-bond donors (Lipinski definition) is 1. The SMILES string of the molecule is COc1ccc(COCC2(COCc3ccc(OC)cc3)OC(O)(N(C)OC)C(OCc3ccccc3)C(OCc3ccccc3)C2OCc2ccccc2)cc1. The zero-order valence-electron chi connectivity index (χ0n) is 33.0. The van der Waals surface area contributed by atoms with Gasteiger partial charge in [0.05, 0.1) is 67.6 Å². The molecule has 1 N–H and O–H groups in total. The summed E-state index contributed by atoms with van der Waals surface area (Å²) in [5.74, 6) is -0.760. The fourth-order valence-corrected chi connectivity index (χ4v) is 6.77. The van der Waals surface area contributed by atoms with Crippen molar-refractivity contribution in [2.75, 3.05) is 41.6 Å². The van der Waals surface area contributed by atoms with Crippen molar-refractivity contribution in [3.63, 3.8) is 0 Å². The van der Waals surface area contributed by atoms with E-state index < -0.39 is 29.8 Å². The fourth-order valence-electron chi connectivity index (χ4n) is 6.77. The summed E-state index contributed by atoms with van der Waals surface area (Å²) in [6.45, 7) is 0.824. The van der Waals surface area contributed by atoms with Crippen LogP contribution in [0.1, 0.15) is 27.8 Å². The molecule has 1 heterocycles. The third-order valence-corrected chi connectivity index (χ3v) is 9.94. The molecule has 5 aromatic rings. The van der Waals surface area contributed by atoms with Gasteiger partial charge in [0, 0.05) is 7.05 Å². The molecule has 1 aliphatic heterocycles. The van der Waals surface area contributed by atoms with Gasteiger partial charge in [-0.3, -0.25) is 4.84 Å². The van der Waals surface area contributed by atoms with Crippen LogP contribution in [-0.2, 0) is 66.3 Å². The Morgan fingerprint density at radius 1 is 0.509 bits per heavy atom. The number of hydroxylamine groups is 2. The first-order chi connectivity index (χ1) is 27.9. The number of nitrogens with zero attached hydrogens (tertiary/aromatic N) is 1. The van der Waals surface area contributed by atoms with Crippen LogP contribution in [0.15, 0.2) is 140 Å². The van der Waals surface area contributed by atoms with Gasteiger partial charge >= 0.3 is 0 Å². The number of rotatable bonds is 21. The van der Waals surface area contributed by atoms with Gasteiger partial charge in [0.15, 0.2) is 6.10 Å². The molecular formula is C46H53NO10. The van der Waals surface area contributed by atoms with Gasteiger partial charge in [0.2, 0.25) is 0 Å². The number of hydrogen-bond acceptors (Lipinski definition) is 11. The Hall–Kier alpha value is -4.66. The first kappa shape index (κ1) is 42.0. The highest BCUT2D eigenvalue weighted by molar-refractivity contribution is 5.28. The molecule has 0 aliphatic carbocycles. The second kappa shape index (κ2) is 20.7. The Morgan fingerprint density at radius 3 is 1.30 bits per heavy atom. The molecule has 1 aliphatic rings. The van der Waals surface area contributed by atoms with Crippen molar-refractivity contribution >= 4 is 0 Å². The quantitative estimate of drug-likeness (QED) is 0.0609. The molecule has 11 nitrogen and oxygen atoms in total. The van der Waals surface area contributed by atoms with Gasteiger partial charge in [-0.25, -0.2) is 0 Å². The maximum absolute atomic E-state index is 12.9. The van der Waals surface area contributed by atoms with Crippen LogP contribution in [0, 0.1) is 0 Å². The van der Waals surface area contributed by atoms with Gasteiger partial charge < -0.3 is 43.0 Å². The monoisotopic (exact) mass is 779 g/mol. The summed E-state index contributed by atoms with van der Waals surface area (Å²) in [6.07, 6.45) is -3.04. The summed E-state index contributed by atoms with van der Waals surface area (Å²) in [6, 6.07) is 44.6. The summed E-state index contributed by atoms with van der Waals surface area (Å²) in [5, 5.41) is 14.1. The predicted molar refractivity (Wildman–Crippen MR) is 214 cm³/mol. The van der Waals surface area contributed by atoms with Crippen molar-refractivity contribution < 1.29 is 47.8 Å². The highest BCUT2D eigenvalue weighted by Crippen LogP contribution is 2.43. The van der Waals surface area contributed by atoms with Crippen LogP contribution in [0.4, 0.5) is 0 Å². The molecule has 1 fully saturated rings. The number of benzene rings is 5. The molecule has 0 saturated carbocycles. The van der Waals surface area contributed by atoms with E-state index in [0.717, 1.165) is 39.3 Å². The highest BCUT2D eigenvalue weighted by Gasteiger charge is 2.65. The van der Waals surface area contributed by atoms with Crippen molar-refractivity contribution in [2.24, 2.45) is 0 Å². The normalized spacial score (nSPS) is 20.4.